The van der Waals surface area contributed by atoms with Crippen LogP contribution in [0.1, 0.15) is 0 Å². The average Bonchev–Trinajstić information content (AvgIpc) is 2.22. The number of aliphatic hydroxyl groups excluding tert-OH is 6. The molecule has 0 fully saturated rings. The lowest BCUT2D eigenvalue weighted by atomic mass is 10.0. The molecule has 5 atom stereocenters. The first kappa shape index (κ1) is 16.9. The molecule has 8 N–H and O–H groups in total. The van der Waals surface area contributed by atoms with Gasteiger partial charge in [-0.2, -0.15) is 0 Å². The maximum absolute atomic E-state index is 10.3. The summed E-state index contributed by atoms with van der Waals surface area (Å²) >= 11 is 0. The van der Waals surface area contributed by atoms with Crippen molar-refractivity contribution in [2.24, 2.45) is 0 Å². The highest BCUT2D eigenvalue weighted by Gasteiger charge is 2.37. The molecule has 0 rings (SSSR count). The second kappa shape index (κ2) is 6.71. The van der Waals surface area contributed by atoms with Crippen LogP contribution in [0.25, 0.3) is 0 Å². The number of rotatable bonds is 7. The van der Waals surface area contributed by atoms with E-state index >= 15 is 0 Å². The minimum atomic E-state index is -5.09. The Labute approximate surface area is 95.6 Å². The molecular formula is C6H15O10P. The molecule has 0 aromatic heterocycles. The van der Waals surface area contributed by atoms with Crippen molar-refractivity contribution >= 4 is 7.82 Å². The summed E-state index contributed by atoms with van der Waals surface area (Å²) in [4.78, 5) is 16.6. The fourth-order valence-electron chi connectivity index (χ4n) is 0.909. The lowest BCUT2D eigenvalue weighted by Crippen LogP contribution is -2.50. The Morgan fingerprint density at radius 1 is 0.941 bits per heavy atom. The van der Waals surface area contributed by atoms with Crippen LogP contribution in [-0.4, -0.2) is 77.7 Å². The molecule has 104 valence electrons. The van der Waals surface area contributed by atoms with E-state index in [-0.39, 0.29) is 0 Å². The highest BCUT2D eigenvalue weighted by Crippen LogP contribution is 2.37. The van der Waals surface area contributed by atoms with Gasteiger partial charge in [-0.05, 0) is 0 Å². The molecule has 0 aliphatic carbocycles. The van der Waals surface area contributed by atoms with Gasteiger partial charge in [-0.1, -0.05) is 0 Å². The van der Waals surface area contributed by atoms with E-state index in [4.69, 9.17) is 35.3 Å². The predicted molar refractivity (Wildman–Crippen MR) is 50.2 cm³/mol. The molecule has 0 aliphatic heterocycles. The summed E-state index contributed by atoms with van der Waals surface area (Å²) < 4.78 is 13.9. The van der Waals surface area contributed by atoms with Gasteiger partial charge in [-0.25, -0.2) is 4.57 Å². The number of phosphoric acid groups is 1. The van der Waals surface area contributed by atoms with Gasteiger partial charge in [0.25, 0.3) is 0 Å². The topological polar surface area (TPSA) is 188 Å². The summed E-state index contributed by atoms with van der Waals surface area (Å²) in [6.45, 7) is -0.930. The van der Waals surface area contributed by atoms with Gasteiger partial charge < -0.3 is 40.4 Å². The fourth-order valence-corrected chi connectivity index (χ4v) is 1.32. The van der Waals surface area contributed by atoms with Crippen LogP contribution in [0.2, 0.25) is 0 Å². The molecule has 0 aliphatic rings. The molecule has 17 heavy (non-hydrogen) atoms. The first-order chi connectivity index (χ1) is 7.60. The SMILES string of the molecule is O=P(O)(O)OC(O)[C@@H](O)[C@H](O)[C@H](O)[C@H](O)CO. The maximum Gasteiger partial charge on any atom is 0.472 e. The Morgan fingerprint density at radius 2 is 1.41 bits per heavy atom. The monoisotopic (exact) mass is 278 g/mol. The molecule has 10 nitrogen and oxygen atoms in total. The van der Waals surface area contributed by atoms with E-state index in [0.717, 1.165) is 0 Å². The summed E-state index contributed by atoms with van der Waals surface area (Å²) in [6.07, 6.45) is -10.8. The van der Waals surface area contributed by atoms with Crippen LogP contribution in [-0.2, 0) is 9.09 Å². The van der Waals surface area contributed by atoms with Crippen molar-refractivity contribution in [3.63, 3.8) is 0 Å². The molecule has 0 aromatic rings. The van der Waals surface area contributed by atoms with Crippen LogP contribution in [0.15, 0.2) is 0 Å². The molecule has 0 heterocycles. The second-order valence-corrected chi connectivity index (χ2v) is 4.40. The zero-order valence-electron chi connectivity index (χ0n) is 8.44. The van der Waals surface area contributed by atoms with E-state index < -0.39 is 45.1 Å². The Bertz CT molecular complexity index is 266. The van der Waals surface area contributed by atoms with Crippen molar-refractivity contribution in [3.8, 4) is 0 Å². The molecule has 0 bridgehead atoms. The van der Waals surface area contributed by atoms with Gasteiger partial charge in [0, 0.05) is 0 Å². The molecule has 0 spiro atoms. The summed E-state index contributed by atoms with van der Waals surface area (Å²) in [5.41, 5.74) is 0. The van der Waals surface area contributed by atoms with Crippen LogP contribution in [0.3, 0.4) is 0 Å². The highest BCUT2D eigenvalue weighted by molar-refractivity contribution is 7.46. The Hall–Kier alpha value is -0.130. The summed E-state index contributed by atoms with van der Waals surface area (Å²) in [5.74, 6) is 0. The van der Waals surface area contributed by atoms with Gasteiger partial charge in [0.2, 0.25) is 0 Å². The van der Waals surface area contributed by atoms with E-state index in [0.29, 0.717) is 0 Å². The van der Waals surface area contributed by atoms with Crippen molar-refractivity contribution in [2.45, 2.75) is 30.7 Å². The quantitative estimate of drug-likeness (QED) is 0.168. The molecule has 11 heteroatoms. The van der Waals surface area contributed by atoms with Gasteiger partial charge in [0.1, 0.15) is 24.4 Å². The van der Waals surface area contributed by atoms with Crippen molar-refractivity contribution in [3.05, 3.63) is 0 Å². The van der Waals surface area contributed by atoms with Gasteiger partial charge in [-0.3, -0.25) is 4.52 Å². The largest absolute Gasteiger partial charge is 0.472 e. The number of aliphatic hydroxyl groups is 6. The summed E-state index contributed by atoms with van der Waals surface area (Å²) in [5, 5.41) is 53.8. The van der Waals surface area contributed by atoms with Crippen LogP contribution >= 0.6 is 7.82 Å². The standard InChI is InChI=1S/C6H15O10P/c7-1-2(8)3(9)4(10)5(11)6(12)16-17(13,14)15/h2-12H,1H2,(H2,13,14,15)/t2-,3-,4-,5+,6?/m1/s1. The Morgan fingerprint density at radius 3 is 1.76 bits per heavy atom. The molecular weight excluding hydrogens is 263 g/mol. The van der Waals surface area contributed by atoms with E-state index in [9.17, 15) is 9.67 Å². The third kappa shape index (κ3) is 5.84. The molecule has 1 unspecified atom stereocenters. The normalized spacial score (nSPS) is 21.6. The van der Waals surface area contributed by atoms with Gasteiger partial charge in [0.15, 0.2) is 6.29 Å². The fraction of sp³-hybridized carbons (Fsp3) is 1.00. The van der Waals surface area contributed by atoms with Crippen LogP contribution < -0.4 is 0 Å². The van der Waals surface area contributed by atoms with Crippen LogP contribution in [0.4, 0.5) is 0 Å². The number of phosphoric ester groups is 1. The molecule has 0 saturated heterocycles. The van der Waals surface area contributed by atoms with Crippen molar-refractivity contribution in [1.82, 2.24) is 0 Å². The molecule has 0 aromatic carbocycles. The minimum absolute atomic E-state index is 0.930. The summed E-state index contributed by atoms with van der Waals surface area (Å²) in [7, 11) is -5.09. The molecule has 0 amide bonds. The highest BCUT2D eigenvalue weighted by atomic mass is 31.2. The van der Waals surface area contributed by atoms with E-state index in [1.54, 1.807) is 0 Å². The molecule has 0 saturated carbocycles. The third-order valence-electron chi connectivity index (χ3n) is 1.82. The van der Waals surface area contributed by atoms with E-state index in [1.807, 2.05) is 0 Å². The van der Waals surface area contributed by atoms with E-state index in [2.05, 4.69) is 4.52 Å². The lowest BCUT2D eigenvalue weighted by molar-refractivity contribution is -0.185. The molecule has 0 radical (unpaired) electrons. The first-order valence-corrected chi connectivity index (χ1v) is 5.88. The van der Waals surface area contributed by atoms with Gasteiger partial charge >= 0.3 is 7.82 Å². The minimum Gasteiger partial charge on any atom is -0.394 e. The van der Waals surface area contributed by atoms with Crippen molar-refractivity contribution in [1.29, 1.82) is 0 Å². The second-order valence-electron chi connectivity index (χ2n) is 3.21. The number of hydrogen-bond acceptors (Lipinski definition) is 8. The Balaban J connectivity index is 4.48. The Kier molecular flexibility index (Phi) is 6.66. The number of hydrogen-bond donors (Lipinski definition) is 8. The smallest absolute Gasteiger partial charge is 0.394 e. The summed E-state index contributed by atoms with van der Waals surface area (Å²) in [6, 6.07) is 0. The third-order valence-corrected chi connectivity index (χ3v) is 2.31. The first-order valence-electron chi connectivity index (χ1n) is 4.35. The van der Waals surface area contributed by atoms with Crippen LogP contribution in [0, 0.1) is 0 Å². The van der Waals surface area contributed by atoms with Crippen molar-refractivity contribution in [2.75, 3.05) is 6.61 Å². The van der Waals surface area contributed by atoms with Crippen LogP contribution in [0.5, 0.6) is 0 Å². The zero-order chi connectivity index (χ0) is 13.8. The van der Waals surface area contributed by atoms with Gasteiger partial charge in [-0.15, -0.1) is 0 Å². The van der Waals surface area contributed by atoms with Crippen molar-refractivity contribution < 1.29 is 49.5 Å². The average molecular weight is 278 g/mol. The van der Waals surface area contributed by atoms with Gasteiger partial charge in [0.05, 0.1) is 6.61 Å². The maximum atomic E-state index is 10.3. The predicted octanol–water partition coefficient (Wildman–Crippen LogP) is -4.15. The van der Waals surface area contributed by atoms with E-state index in [1.165, 1.54) is 0 Å². The zero-order valence-corrected chi connectivity index (χ0v) is 9.33. The lowest BCUT2D eigenvalue weighted by Gasteiger charge is -2.28.